The topological polar surface area (TPSA) is 72.2 Å². The highest BCUT2D eigenvalue weighted by Crippen LogP contribution is 2.33. The number of nitrogens with two attached hydrogens (primary N) is 1. The van der Waals surface area contributed by atoms with Crippen LogP contribution in [-0.2, 0) is 10.0 Å². The van der Waals surface area contributed by atoms with Gasteiger partial charge in [0.25, 0.3) is 10.0 Å². The van der Waals surface area contributed by atoms with Gasteiger partial charge in [0, 0.05) is 14.0 Å². The number of anilines is 2. The Hall–Kier alpha value is -0.760. The molecule has 0 aliphatic heterocycles. The van der Waals surface area contributed by atoms with Gasteiger partial charge in [-0.2, -0.15) is 0 Å². The van der Waals surface area contributed by atoms with Crippen LogP contribution in [0.3, 0.4) is 0 Å². The molecule has 2 aromatic carbocycles. The maximum absolute atomic E-state index is 12.5. The molecule has 112 valence electrons. The molecule has 0 fully saturated rings. The molecular weight excluding hydrogens is 443 g/mol. The summed E-state index contributed by atoms with van der Waals surface area (Å²) >= 11 is 12.5. The van der Waals surface area contributed by atoms with Crippen molar-refractivity contribution in [1.29, 1.82) is 0 Å². The number of benzene rings is 2. The third-order valence-electron chi connectivity index (χ3n) is 2.82. The highest BCUT2D eigenvalue weighted by molar-refractivity contribution is 9.11. The zero-order chi connectivity index (χ0) is 15.8. The van der Waals surface area contributed by atoms with Crippen molar-refractivity contribution >= 4 is 64.9 Å². The van der Waals surface area contributed by atoms with Crippen molar-refractivity contribution in [2.45, 2.75) is 11.8 Å². The Bertz CT molecular complexity index is 787. The van der Waals surface area contributed by atoms with Gasteiger partial charge in [0.2, 0.25) is 0 Å². The first kappa shape index (κ1) is 16.6. The quantitative estimate of drug-likeness (QED) is 0.668. The molecule has 2 aromatic rings. The molecule has 0 atom stereocenters. The van der Waals surface area contributed by atoms with Crippen LogP contribution < -0.4 is 10.5 Å². The van der Waals surface area contributed by atoms with Gasteiger partial charge < -0.3 is 5.73 Å². The van der Waals surface area contributed by atoms with Crippen molar-refractivity contribution in [1.82, 2.24) is 0 Å². The van der Waals surface area contributed by atoms with E-state index in [-0.39, 0.29) is 10.6 Å². The summed E-state index contributed by atoms with van der Waals surface area (Å²) in [5.41, 5.74) is 7.03. The summed E-state index contributed by atoms with van der Waals surface area (Å²) in [5.74, 6) is 0. The van der Waals surface area contributed by atoms with E-state index < -0.39 is 10.0 Å². The van der Waals surface area contributed by atoms with Crippen LogP contribution in [0.4, 0.5) is 11.4 Å². The lowest BCUT2D eigenvalue weighted by Gasteiger charge is -2.14. The van der Waals surface area contributed by atoms with Gasteiger partial charge in [-0.25, -0.2) is 8.42 Å². The minimum absolute atomic E-state index is 0.00919. The summed E-state index contributed by atoms with van der Waals surface area (Å²) in [6.07, 6.45) is 0. The standard InChI is InChI=1S/C13H11Br2ClN2O2S/c1-7-10(16)3-2-4-12(7)18-21(19,20)13-9(15)5-8(14)6-11(13)17/h2-6,18H,17H2,1H3. The normalized spacial score (nSPS) is 11.4. The van der Waals surface area contributed by atoms with Gasteiger partial charge >= 0.3 is 0 Å². The molecule has 4 nitrogen and oxygen atoms in total. The van der Waals surface area contributed by atoms with Crippen LogP contribution in [0.15, 0.2) is 44.2 Å². The van der Waals surface area contributed by atoms with Crippen molar-refractivity contribution in [3.8, 4) is 0 Å². The second kappa shape index (κ2) is 6.16. The molecule has 21 heavy (non-hydrogen) atoms. The van der Waals surface area contributed by atoms with E-state index in [4.69, 9.17) is 17.3 Å². The van der Waals surface area contributed by atoms with Crippen LogP contribution in [-0.4, -0.2) is 8.42 Å². The van der Waals surface area contributed by atoms with E-state index in [9.17, 15) is 8.42 Å². The molecule has 2 rings (SSSR count). The molecule has 3 N–H and O–H groups in total. The summed E-state index contributed by atoms with van der Waals surface area (Å²) in [4.78, 5) is -0.00919. The van der Waals surface area contributed by atoms with Crippen molar-refractivity contribution < 1.29 is 8.42 Å². The van der Waals surface area contributed by atoms with E-state index in [1.807, 2.05) is 0 Å². The molecular formula is C13H11Br2ClN2O2S. The predicted molar refractivity (Wildman–Crippen MR) is 93.3 cm³/mol. The fourth-order valence-electron chi connectivity index (χ4n) is 1.78. The number of halogens is 3. The number of hydrogen-bond acceptors (Lipinski definition) is 3. The average Bonchev–Trinajstić information content (AvgIpc) is 2.33. The first-order valence-corrected chi connectivity index (χ1v) is 9.19. The average molecular weight is 455 g/mol. The number of rotatable bonds is 3. The largest absolute Gasteiger partial charge is 0.398 e. The molecule has 8 heteroatoms. The van der Waals surface area contributed by atoms with Gasteiger partial charge in [0.05, 0.1) is 11.4 Å². The molecule has 0 saturated heterocycles. The molecule has 0 saturated carbocycles. The third kappa shape index (κ3) is 3.53. The molecule has 0 aliphatic carbocycles. The zero-order valence-electron chi connectivity index (χ0n) is 10.8. The molecule has 0 amide bonds. The summed E-state index contributed by atoms with van der Waals surface area (Å²) in [6, 6.07) is 8.16. The Morgan fingerprint density at radius 3 is 2.52 bits per heavy atom. The number of hydrogen-bond donors (Lipinski definition) is 2. The minimum atomic E-state index is -3.83. The van der Waals surface area contributed by atoms with E-state index >= 15 is 0 Å². The number of nitrogens with one attached hydrogen (secondary N) is 1. The van der Waals surface area contributed by atoms with Crippen LogP contribution in [0, 0.1) is 6.92 Å². The highest BCUT2D eigenvalue weighted by Gasteiger charge is 2.22. The van der Waals surface area contributed by atoms with Crippen LogP contribution >= 0.6 is 43.5 Å². The van der Waals surface area contributed by atoms with E-state index in [0.29, 0.717) is 25.2 Å². The van der Waals surface area contributed by atoms with Gasteiger partial charge in [0.1, 0.15) is 4.90 Å². The zero-order valence-corrected chi connectivity index (χ0v) is 15.6. The van der Waals surface area contributed by atoms with Crippen molar-refractivity contribution in [3.63, 3.8) is 0 Å². The van der Waals surface area contributed by atoms with Gasteiger partial charge in [-0.3, -0.25) is 4.72 Å². The summed E-state index contributed by atoms with van der Waals surface area (Å²) < 4.78 is 28.6. The van der Waals surface area contributed by atoms with Crippen LogP contribution in [0.2, 0.25) is 5.02 Å². The second-order valence-corrected chi connectivity index (χ2v) is 8.12. The lowest BCUT2D eigenvalue weighted by atomic mass is 10.2. The van der Waals surface area contributed by atoms with E-state index in [1.165, 1.54) is 6.07 Å². The van der Waals surface area contributed by atoms with E-state index in [2.05, 4.69) is 36.6 Å². The second-order valence-electron chi connectivity index (χ2n) is 4.32. The Morgan fingerprint density at radius 1 is 1.24 bits per heavy atom. The molecule has 0 aliphatic rings. The molecule has 0 spiro atoms. The summed E-state index contributed by atoms with van der Waals surface area (Å²) in [6.45, 7) is 1.74. The Labute approximate surface area is 145 Å². The Morgan fingerprint density at radius 2 is 1.90 bits per heavy atom. The van der Waals surface area contributed by atoms with Gasteiger partial charge in [-0.15, -0.1) is 0 Å². The lowest BCUT2D eigenvalue weighted by molar-refractivity contribution is 0.601. The smallest absolute Gasteiger partial charge is 0.265 e. The first-order valence-electron chi connectivity index (χ1n) is 5.75. The number of nitrogen functional groups attached to an aromatic ring is 1. The first-order chi connectivity index (χ1) is 9.72. The highest BCUT2D eigenvalue weighted by atomic mass is 79.9. The molecule has 0 bridgehead atoms. The fraction of sp³-hybridized carbons (Fsp3) is 0.0769. The number of sulfonamides is 1. The Balaban J connectivity index is 2.51. The maximum atomic E-state index is 12.5. The van der Waals surface area contributed by atoms with E-state index in [1.54, 1.807) is 31.2 Å². The van der Waals surface area contributed by atoms with Crippen molar-refractivity contribution in [3.05, 3.63) is 49.9 Å². The van der Waals surface area contributed by atoms with Crippen LogP contribution in [0.25, 0.3) is 0 Å². The molecule has 0 unspecified atom stereocenters. The minimum Gasteiger partial charge on any atom is -0.398 e. The van der Waals surface area contributed by atoms with Crippen LogP contribution in [0.1, 0.15) is 5.56 Å². The SMILES string of the molecule is Cc1c(Cl)cccc1NS(=O)(=O)c1c(N)cc(Br)cc1Br. The van der Waals surface area contributed by atoms with Crippen LogP contribution in [0.5, 0.6) is 0 Å². The fourth-order valence-corrected chi connectivity index (χ4v) is 5.15. The molecule has 0 aromatic heterocycles. The van der Waals surface area contributed by atoms with Gasteiger partial charge in [-0.1, -0.05) is 33.6 Å². The lowest BCUT2D eigenvalue weighted by Crippen LogP contribution is -2.16. The molecule has 0 heterocycles. The third-order valence-corrected chi connectivity index (χ3v) is 6.05. The monoisotopic (exact) mass is 452 g/mol. The van der Waals surface area contributed by atoms with Gasteiger partial charge in [-0.05, 0) is 52.7 Å². The van der Waals surface area contributed by atoms with Crippen molar-refractivity contribution in [2.75, 3.05) is 10.5 Å². The Kier molecular flexibility index (Phi) is 4.87. The maximum Gasteiger partial charge on any atom is 0.265 e. The molecule has 0 radical (unpaired) electrons. The van der Waals surface area contributed by atoms with E-state index in [0.717, 1.165) is 0 Å². The summed E-state index contributed by atoms with van der Waals surface area (Å²) in [5, 5.41) is 0.484. The van der Waals surface area contributed by atoms with Gasteiger partial charge in [0.15, 0.2) is 0 Å². The summed E-state index contributed by atoms with van der Waals surface area (Å²) in [7, 11) is -3.83. The van der Waals surface area contributed by atoms with Crippen molar-refractivity contribution in [2.24, 2.45) is 0 Å². The predicted octanol–water partition coefficient (Wildman–Crippen LogP) is 4.56.